The van der Waals surface area contributed by atoms with E-state index in [-0.39, 0.29) is 17.0 Å². The molecule has 0 saturated heterocycles. The second kappa shape index (κ2) is 6.97. The number of anilines is 1. The number of non-ortho nitro benzene ring substituents is 1. The first-order valence-corrected chi connectivity index (χ1v) is 6.81. The summed E-state index contributed by atoms with van der Waals surface area (Å²) in [6.07, 6.45) is 0. The number of rotatable bonds is 5. The maximum Gasteiger partial charge on any atom is 0.270 e. The highest BCUT2D eigenvalue weighted by atomic mass is 35.5. The summed E-state index contributed by atoms with van der Waals surface area (Å²) in [6.45, 7) is 0. The number of nitrogens with one attached hydrogen (secondary N) is 1. The molecular formula is C15H13ClN2O5. The van der Waals surface area contributed by atoms with Crippen LogP contribution in [0.3, 0.4) is 0 Å². The number of nitrogens with zero attached hydrogens (tertiary/aromatic N) is 1. The Morgan fingerprint density at radius 2 is 1.78 bits per heavy atom. The van der Waals surface area contributed by atoms with E-state index >= 15 is 0 Å². The van der Waals surface area contributed by atoms with Crippen LogP contribution in [0.15, 0.2) is 36.4 Å². The topological polar surface area (TPSA) is 90.7 Å². The molecule has 8 heteroatoms. The Bertz CT molecular complexity index is 764. The molecule has 0 saturated carbocycles. The minimum absolute atomic E-state index is 0.0497. The summed E-state index contributed by atoms with van der Waals surface area (Å²) >= 11 is 5.99. The first-order chi connectivity index (χ1) is 11.0. The average Bonchev–Trinajstić information content (AvgIpc) is 2.54. The number of nitro groups is 1. The van der Waals surface area contributed by atoms with Crippen molar-refractivity contribution in [3.63, 3.8) is 0 Å². The van der Waals surface area contributed by atoms with Gasteiger partial charge < -0.3 is 14.8 Å². The van der Waals surface area contributed by atoms with E-state index in [1.165, 1.54) is 32.4 Å². The maximum absolute atomic E-state index is 12.3. The van der Waals surface area contributed by atoms with Gasteiger partial charge in [0.1, 0.15) is 11.5 Å². The number of halogens is 1. The number of nitro benzene ring substituents is 1. The molecular weight excluding hydrogens is 324 g/mol. The SMILES string of the molecule is COc1ccc(NC(=O)c2cc([N+](=O)[O-])ccc2OC)cc1Cl. The molecule has 0 heterocycles. The van der Waals surface area contributed by atoms with Crippen molar-refractivity contribution in [2.24, 2.45) is 0 Å². The molecule has 1 amide bonds. The zero-order valence-corrected chi connectivity index (χ0v) is 13.1. The van der Waals surface area contributed by atoms with E-state index in [2.05, 4.69) is 5.32 Å². The molecule has 2 aromatic rings. The molecule has 120 valence electrons. The van der Waals surface area contributed by atoms with E-state index in [9.17, 15) is 14.9 Å². The summed E-state index contributed by atoms with van der Waals surface area (Å²) in [6, 6.07) is 8.50. The fourth-order valence-electron chi connectivity index (χ4n) is 1.93. The number of methoxy groups -OCH3 is 2. The van der Waals surface area contributed by atoms with E-state index in [0.29, 0.717) is 16.5 Å². The lowest BCUT2D eigenvalue weighted by Gasteiger charge is -2.10. The molecule has 0 spiro atoms. The predicted molar refractivity (Wildman–Crippen MR) is 85.6 cm³/mol. The summed E-state index contributed by atoms with van der Waals surface area (Å²) in [5.41, 5.74) is 0.270. The summed E-state index contributed by atoms with van der Waals surface area (Å²) in [5, 5.41) is 13.8. The molecule has 0 aromatic heterocycles. The van der Waals surface area contributed by atoms with Gasteiger partial charge in [-0.2, -0.15) is 0 Å². The fraction of sp³-hybridized carbons (Fsp3) is 0.133. The third-order valence-corrected chi connectivity index (χ3v) is 3.34. The van der Waals surface area contributed by atoms with Gasteiger partial charge in [0, 0.05) is 17.8 Å². The van der Waals surface area contributed by atoms with Gasteiger partial charge in [-0.1, -0.05) is 11.6 Å². The first kappa shape index (κ1) is 16.6. The number of hydrogen-bond acceptors (Lipinski definition) is 5. The molecule has 0 aliphatic heterocycles. The molecule has 0 bridgehead atoms. The summed E-state index contributed by atoms with van der Waals surface area (Å²) in [4.78, 5) is 22.6. The van der Waals surface area contributed by atoms with E-state index in [0.717, 1.165) is 6.07 Å². The molecule has 0 fully saturated rings. The van der Waals surface area contributed by atoms with Crippen LogP contribution in [0, 0.1) is 10.1 Å². The molecule has 0 aliphatic carbocycles. The Morgan fingerprint density at radius 3 is 2.35 bits per heavy atom. The minimum atomic E-state index is -0.583. The Labute approximate surface area is 136 Å². The van der Waals surface area contributed by atoms with Crippen molar-refractivity contribution in [1.29, 1.82) is 0 Å². The van der Waals surface area contributed by atoms with Crippen molar-refractivity contribution in [1.82, 2.24) is 0 Å². The fourth-order valence-corrected chi connectivity index (χ4v) is 2.19. The van der Waals surface area contributed by atoms with Crippen LogP contribution in [0.2, 0.25) is 5.02 Å². The van der Waals surface area contributed by atoms with Crippen molar-refractivity contribution >= 4 is 28.9 Å². The Hall–Kier alpha value is -2.80. The van der Waals surface area contributed by atoms with Crippen molar-refractivity contribution in [2.45, 2.75) is 0 Å². The van der Waals surface area contributed by atoms with Crippen LogP contribution in [0.25, 0.3) is 0 Å². The minimum Gasteiger partial charge on any atom is -0.496 e. The number of amides is 1. The van der Waals surface area contributed by atoms with Gasteiger partial charge in [-0.15, -0.1) is 0 Å². The molecule has 23 heavy (non-hydrogen) atoms. The molecule has 0 aliphatic rings. The molecule has 7 nitrogen and oxygen atoms in total. The first-order valence-electron chi connectivity index (χ1n) is 6.43. The highest BCUT2D eigenvalue weighted by Crippen LogP contribution is 2.29. The monoisotopic (exact) mass is 336 g/mol. The third-order valence-electron chi connectivity index (χ3n) is 3.05. The lowest BCUT2D eigenvalue weighted by atomic mass is 10.1. The molecule has 2 rings (SSSR count). The number of hydrogen-bond donors (Lipinski definition) is 1. The van der Waals surface area contributed by atoms with Crippen molar-refractivity contribution < 1.29 is 19.2 Å². The lowest BCUT2D eigenvalue weighted by molar-refractivity contribution is -0.384. The van der Waals surface area contributed by atoms with Gasteiger partial charge >= 0.3 is 0 Å². The molecule has 2 aromatic carbocycles. The van der Waals surface area contributed by atoms with Crippen molar-refractivity contribution in [3.8, 4) is 11.5 Å². The predicted octanol–water partition coefficient (Wildman–Crippen LogP) is 3.52. The Kier molecular flexibility index (Phi) is 5.02. The van der Waals surface area contributed by atoms with Gasteiger partial charge in [0.15, 0.2) is 0 Å². The second-order valence-electron chi connectivity index (χ2n) is 4.45. The smallest absolute Gasteiger partial charge is 0.270 e. The van der Waals surface area contributed by atoms with Gasteiger partial charge in [0.25, 0.3) is 11.6 Å². The average molecular weight is 337 g/mol. The Morgan fingerprint density at radius 1 is 1.13 bits per heavy atom. The molecule has 0 unspecified atom stereocenters. The standard InChI is InChI=1S/C15H13ClN2O5/c1-22-13-6-4-10(18(20)21)8-11(13)15(19)17-9-3-5-14(23-2)12(16)7-9/h3-8H,1-2H3,(H,17,19). The van der Waals surface area contributed by atoms with Crippen LogP contribution in [-0.2, 0) is 0 Å². The van der Waals surface area contributed by atoms with Crippen molar-refractivity contribution in [3.05, 3.63) is 57.1 Å². The van der Waals surface area contributed by atoms with Crippen LogP contribution in [-0.4, -0.2) is 25.1 Å². The summed E-state index contributed by atoms with van der Waals surface area (Å²) in [7, 11) is 2.86. The van der Waals surface area contributed by atoms with Gasteiger partial charge in [0.05, 0.1) is 29.7 Å². The number of carbonyl (C=O) groups is 1. The molecule has 0 atom stereocenters. The zero-order valence-electron chi connectivity index (χ0n) is 12.3. The van der Waals surface area contributed by atoms with Gasteiger partial charge in [-0.05, 0) is 24.3 Å². The van der Waals surface area contributed by atoms with E-state index in [1.54, 1.807) is 12.1 Å². The normalized spacial score (nSPS) is 10.0. The second-order valence-corrected chi connectivity index (χ2v) is 4.85. The quantitative estimate of drug-likeness (QED) is 0.666. The molecule has 1 N–H and O–H groups in total. The van der Waals surface area contributed by atoms with Crippen LogP contribution in [0.5, 0.6) is 11.5 Å². The highest BCUT2D eigenvalue weighted by Gasteiger charge is 2.18. The van der Waals surface area contributed by atoms with Crippen LogP contribution < -0.4 is 14.8 Å². The van der Waals surface area contributed by atoms with Gasteiger partial charge in [-0.25, -0.2) is 0 Å². The zero-order chi connectivity index (χ0) is 17.0. The third kappa shape index (κ3) is 3.70. The Balaban J connectivity index is 2.31. The van der Waals surface area contributed by atoms with Gasteiger partial charge in [0.2, 0.25) is 0 Å². The van der Waals surface area contributed by atoms with E-state index < -0.39 is 10.8 Å². The lowest BCUT2D eigenvalue weighted by Crippen LogP contribution is -2.13. The summed E-state index contributed by atoms with van der Waals surface area (Å²) < 4.78 is 10.1. The number of ether oxygens (including phenoxy) is 2. The van der Waals surface area contributed by atoms with Crippen LogP contribution >= 0.6 is 11.6 Å². The largest absolute Gasteiger partial charge is 0.496 e. The highest BCUT2D eigenvalue weighted by molar-refractivity contribution is 6.32. The van der Waals surface area contributed by atoms with Crippen molar-refractivity contribution in [2.75, 3.05) is 19.5 Å². The van der Waals surface area contributed by atoms with Crippen LogP contribution in [0.1, 0.15) is 10.4 Å². The molecule has 0 radical (unpaired) electrons. The number of benzene rings is 2. The maximum atomic E-state index is 12.3. The summed E-state index contributed by atoms with van der Waals surface area (Å²) in [5.74, 6) is 0.150. The van der Waals surface area contributed by atoms with Crippen LogP contribution in [0.4, 0.5) is 11.4 Å². The number of carbonyl (C=O) groups excluding carboxylic acids is 1. The van der Waals surface area contributed by atoms with E-state index in [1.807, 2.05) is 0 Å². The van der Waals surface area contributed by atoms with E-state index in [4.69, 9.17) is 21.1 Å². The van der Waals surface area contributed by atoms with Gasteiger partial charge in [-0.3, -0.25) is 14.9 Å².